The van der Waals surface area contributed by atoms with Crippen molar-refractivity contribution in [2.75, 3.05) is 39.1 Å². The lowest BCUT2D eigenvalue weighted by atomic mass is 9.75. The van der Waals surface area contributed by atoms with Crippen LogP contribution < -0.4 is 4.74 Å². The number of piperidine rings is 1. The maximum atomic E-state index is 10.3. The number of benzene rings is 1. The van der Waals surface area contributed by atoms with Crippen molar-refractivity contribution in [1.29, 1.82) is 0 Å². The summed E-state index contributed by atoms with van der Waals surface area (Å²) >= 11 is 3.75. The van der Waals surface area contributed by atoms with Crippen LogP contribution in [0.1, 0.15) is 36.8 Å². The summed E-state index contributed by atoms with van der Waals surface area (Å²) in [4.78, 5) is 7.05. The Morgan fingerprint density at radius 1 is 1.21 bits per heavy atom. The van der Waals surface area contributed by atoms with E-state index >= 15 is 0 Å². The van der Waals surface area contributed by atoms with Crippen LogP contribution in [-0.4, -0.2) is 59.2 Å². The molecule has 0 aliphatic carbocycles. The van der Waals surface area contributed by atoms with E-state index in [9.17, 15) is 10.2 Å². The van der Waals surface area contributed by atoms with Crippen LogP contribution in [0.5, 0.6) is 5.75 Å². The van der Waals surface area contributed by atoms with Crippen LogP contribution in [-0.2, 0) is 13.0 Å². The quantitative estimate of drug-likeness (QED) is 0.373. The molecule has 0 radical (unpaired) electrons. The van der Waals surface area contributed by atoms with Gasteiger partial charge in [0.2, 0.25) is 0 Å². The van der Waals surface area contributed by atoms with E-state index in [4.69, 9.17) is 4.74 Å². The molecule has 0 bridgehead atoms. The minimum absolute atomic E-state index is 0.0112. The van der Waals surface area contributed by atoms with E-state index in [2.05, 4.69) is 27.4 Å². The van der Waals surface area contributed by atoms with Gasteiger partial charge in [-0.05, 0) is 91.4 Å². The smallest absolute Gasteiger partial charge is 0.119 e. The van der Waals surface area contributed by atoms with Gasteiger partial charge in [0, 0.05) is 30.5 Å². The molecule has 178 valence electrons. The molecular weight excluding hydrogens is 452 g/mol. The highest BCUT2D eigenvalue weighted by molar-refractivity contribution is 8.01. The highest BCUT2D eigenvalue weighted by Crippen LogP contribution is 2.37. The molecule has 7 heteroatoms. The Hall–Kier alpha value is -1.64. The third kappa shape index (κ3) is 6.08. The van der Waals surface area contributed by atoms with E-state index in [0.717, 1.165) is 85.3 Å². The molecule has 1 aliphatic heterocycles. The van der Waals surface area contributed by atoms with Crippen molar-refractivity contribution in [2.45, 2.75) is 42.9 Å². The summed E-state index contributed by atoms with van der Waals surface area (Å²) in [6, 6.07) is 10.2. The van der Waals surface area contributed by atoms with Crippen LogP contribution >= 0.6 is 23.1 Å². The van der Waals surface area contributed by atoms with Crippen molar-refractivity contribution in [3.05, 3.63) is 53.0 Å². The Bertz CT molecular complexity index is 1010. The fraction of sp³-hybridized carbons (Fsp3) is 0.500. The van der Waals surface area contributed by atoms with Gasteiger partial charge < -0.3 is 19.8 Å². The number of rotatable bonds is 11. The molecule has 0 saturated carbocycles. The largest absolute Gasteiger partial charge is 0.497 e. The number of aryl methyl sites for hydroxylation is 1. The van der Waals surface area contributed by atoms with E-state index in [-0.39, 0.29) is 18.6 Å². The van der Waals surface area contributed by atoms with E-state index in [1.165, 1.54) is 4.21 Å². The van der Waals surface area contributed by atoms with Gasteiger partial charge in [0.25, 0.3) is 0 Å². The van der Waals surface area contributed by atoms with E-state index in [1.807, 2.05) is 41.3 Å². The predicted octanol–water partition coefficient (Wildman–Crippen LogP) is 4.99. The zero-order valence-electron chi connectivity index (χ0n) is 19.3. The van der Waals surface area contributed by atoms with Gasteiger partial charge in [-0.2, -0.15) is 0 Å². The molecule has 1 fully saturated rings. The third-order valence-corrected chi connectivity index (χ3v) is 9.09. The van der Waals surface area contributed by atoms with Crippen LogP contribution in [0.4, 0.5) is 0 Å². The SMILES string of the molecule is COc1ccc2ncc(CO)c(CCCC3(CO)CCN(CCSc4cccs4)CC3)c2c1. The predicted molar refractivity (Wildman–Crippen MR) is 137 cm³/mol. The number of hydrogen-bond acceptors (Lipinski definition) is 7. The van der Waals surface area contributed by atoms with Gasteiger partial charge in [-0.15, -0.1) is 23.1 Å². The van der Waals surface area contributed by atoms with E-state index < -0.39 is 0 Å². The number of thiophene rings is 1. The number of aliphatic hydroxyl groups excluding tert-OH is 2. The standard InChI is InChI=1S/C26H34N2O3S2/c1-31-21-6-7-24-23(16-21)22(20(18-29)17-27-24)4-2-8-26(19-30)9-11-28(12-10-26)13-15-33-25-5-3-14-32-25/h3,5-7,14,16-17,29-30H,2,4,8-13,15,18-19H2,1H3. The van der Waals surface area contributed by atoms with Crippen LogP contribution in [0, 0.1) is 5.41 Å². The molecule has 2 N–H and O–H groups in total. The molecule has 3 heterocycles. The van der Waals surface area contributed by atoms with Gasteiger partial charge in [0.15, 0.2) is 0 Å². The Labute approximate surface area is 204 Å². The molecule has 1 aliphatic rings. The highest BCUT2D eigenvalue weighted by atomic mass is 32.2. The van der Waals surface area contributed by atoms with E-state index in [0.29, 0.717) is 0 Å². The van der Waals surface area contributed by atoms with Gasteiger partial charge in [-0.3, -0.25) is 4.98 Å². The lowest BCUT2D eigenvalue weighted by Crippen LogP contribution is -2.42. The molecule has 0 spiro atoms. The summed E-state index contributed by atoms with van der Waals surface area (Å²) < 4.78 is 6.80. The first kappa shape index (κ1) is 24.5. The van der Waals surface area contributed by atoms with Crippen molar-refractivity contribution in [3.63, 3.8) is 0 Å². The first-order chi connectivity index (χ1) is 16.2. The van der Waals surface area contributed by atoms with Crippen molar-refractivity contribution in [2.24, 2.45) is 5.41 Å². The summed E-state index contributed by atoms with van der Waals surface area (Å²) in [5.74, 6) is 1.92. The Balaban J connectivity index is 1.33. The number of aromatic nitrogens is 1. The molecule has 0 amide bonds. The van der Waals surface area contributed by atoms with Gasteiger partial charge >= 0.3 is 0 Å². The monoisotopic (exact) mass is 486 g/mol. The summed E-state index contributed by atoms with van der Waals surface area (Å²) in [5, 5.41) is 23.4. The third-order valence-electron chi connectivity index (χ3n) is 6.98. The number of methoxy groups -OCH3 is 1. The van der Waals surface area contributed by atoms with Crippen LogP contribution in [0.15, 0.2) is 46.1 Å². The van der Waals surface area contributed by atoms with Crippen LogP contribution in [0.3, 0.4) is 0 Å². The van der Waals surface area contributed by atoms with Gasteiger partial charge in [-0.1, -0.05) is 6.07 Å². The first-order valence-electron chi connectivity index (χ1n) is 11.7. The topological polar surface area (TPSA) is 65.8 Å². The minimum atomic E-state index is -0.0148. The van der Waals surface area contributed by atoms with Gasteiger partial charge in [-0.25, -0.2) is 0 Å². The molecule has 0 unspecified atom stereocenters. The fourth-order valence-corrected chi connectivity index (χ4v) is 6.69. The molecular formula is C26H34N2O3S2. The maximum Gasteiger partial charge on any atom is 0.119 e. The second-order valence-electron chi connectivity index (χ2n) is 8.94. The van der Waals surface area contributed by atoms with Crippen LogP contribution in [0.25, 0.3) is 10.9 Å². The molecule has 4 rings (SSSR count). The molecule has 3 aromatic rings. The zero-order chi connectivity index (χ0) is 23.1. The fourth-order valence-electron chi connectivity index (χ4n) is 4.83. The second kappa shape index (κ2) is 11.7. The maximum absolute atomic E-state index is 10.3. The Morgan fingerprint density at radius 3 is 2.76 bits per heavy atom. The number of hydrogen-bond donors (Lipinski definition) is 2. The first-order valence-corrected chi connectivity index (χ1v) is 13.6. The average Bonchev–Trinajstić information content (AvgIpc) is 3.38. The van der Waals surface area contributed by atoms with Crippen molar-refractivity contribution < 1.29 is 14.9 Å². The number of likely N-dealkylation sites (tertiary alicyclic amines) is 1. The number of thioether (sulfide) groups is 1. The molecule has 0 atom stereocenters. The van der Waals surface area contributed by atoms with E-state index in [1.54, 1.807) is 13.3 Å². The van der Waals surface area contributed by atoms with Crippen LogP contribution in [0.2, 0.25) is 0 Å². The van der Waals surface area contributed by atoms with Gasteiger partial charge in [0.1, 0.15) is 5.75 Å². The lowest BCUT2D eigenvalue weighted by Gasteiger charge is -2.41. The molecule has 5 nitrogen and oxygen atoms in total. The highest BCUT2D eigenvalue weighted by Gasteiger charge is 2.33. The van der Waals surface area contributed by atoms with Crippen molar-refractivity contribution in [1.82, 2.24) is 9.88 Å². The Kier molecular flexibility index (Phi) is 8.66. The second-order valence-corrected chi connectivity index (χ2v) is 11.3. The Morgan fingerprint density at radius 2 is 2.06 bits per heavy atom. The normalized spacial score (nSPS) is 16.3. The number of ether oxygens (including phenoxy) is 1. The van der Waals surface area contributed by atoms with Gasteiger partial charge in [0.05, 0.1) is 23.4 Å². The molecule has 1 aromatic carbocycles. The zero-order valence-corrected chi connectivity index (χ0v) is 21.0. The van der Waals surface area contributed by atoms with Crippen molar-refractivity contribution >= 4 is 34.0 Å². The molecule has 33 heavy (non-hydrogen) atoms. The average molecular weight is 487 g/mol. The number of fused-ring (bicyclic) bond motifs is 1. The van der Waals surface area contributed by atoms with Crippen molar-refractivity contribution in [3.8, 4) is 5.75 Å². The minimum Gasteiger partial charge on any atom is -0.497 e. The number of aliphatic hydroxyl groups is 2. The summed E-state index contributed by atoms with van der Waals surface area (Å²) in [7, 11) is 1.67. The summed E-state index contributed by atoms with van der Waals surface area (Å²) in [5.41, 5.74) is 2.97. The molecule has 1 saturated heterocycles. The summed E-state index contributed by atoms with van der Waals surface area (Å²) in [6.45, 7) is 3.46. The molecule has 2 aromatic heterocycles. The number of pyridine rings is 1. The number of nitrogens with zero attached hydrogens (tertiary/aromatic N) is 2. The summed E-state index contributed by atoms with van der Waals surface area (Å²) in [6.07, 6.45) is 6.73. The lowest BCUT2D eigenvalue weighted by molar-refractivity contribution is 0.0378.